The zero-order valence-corrected chi connectivity index (χ0v) is 12.7. The molecule has 1 N–H and O–H groups in total. The van der Waals surface area contributed by atoms with Crippen LogP contribution in [0, 0.1) is 5.92 Å². The highest BCUT2D eigenvalue weighted by Gasteiger charge is 2.38. The first-order valence-electron chi connectivity index (χ1n) is 6.95. The van der Waals surface area contributed by atoms with E-state index in [0.29, 0.717) is 32.0 Å². The highest BCUT2D eigenvalue weighted by atomic mass is 35.5. The number of carbonyl (C=O) groups is 2. The fraction of sp³-hybridized carbons (Fsp3) is 0.571. The second-order valence-corrected chi connectivity index (χ2v) is 7.24. The molecule has 2 amide bonds. The molecule has 3 rings (SSSR count). The van der Waals surface area contributed by atoms with Gasteiger partial charge in [-0.3, -0.25) is 9.59 Å². The Morgan fingerprint density at radius 3 is 2.85 bits per heavy atom. The van der Waals surface area contributed by atoms with Crippen LogP contribution in [0.3, 0.4) is 0 Å². The molecule has 1 saturated heterocycles. The van der Waals surface area contributed by atoms with Crippen molar-refractivity contribution in [3.8, 4) is 0 Å². The van der Waals surface area contributed by atoms with E-state index in [0.717, 1.165) is 22.1 Å². The number of hydrogen-bond acceptors (Lipinski definition) is 3. The van der Waals surface area contributed by atoms with Gasteiger partial charge in [0.25, 0.3) is 0 Å². The first-order valence-corrected chi connectivity index (χ1v) is 8.14. The Morgan fingerprint density at radius 1 is 1.40 bits per heavy atom. The Hall–Kier alpha value is -1.07. The molecule has 1 aliphatic heterocycles. The number of carbonyl (C=O) groups excluding carboxylic acids is 2. The average Bonchev–Trinajstić information content (AvgIpc) is 3.19. The molecule has 6 heteroatoms. The topological polar surface area (TPSA) is 49.4 Å². The maximum atomic E-state index is 12.2. The summed E-state index contributed by atoms with van der Waals surface area (Å²) in [7, 11) is 0. The van der Waals surface area contributed by atoms with E-state index in [9.17, 15) is 9.59 Å². The summed E-state index contributed by atoms with van der Waals surface area (Å²) in [5, 5.41) is 2.95. The van der Waals surface area contributed by atoms with Crippen LogP contribution in [0.4, 0.5) is 0 Å². The third-order valence-corrected chi connectivity index (χ3v) is 5.10. The van der Waals surface area contributed by atoms with E-state index < -0.39 is 0 Å². The molecule has 2 heterocycles. The largest absolute Gasteiger partial charge is 0.351 e. The summed E-state index contributed by atoms with van der Waals surface area (Å²) in [6.07, 6.45) is 3.35. The second kappa shape index (κ2) is 5.74. The van der Waals surface area contributed by atoms with Crippen LogP contribution in [0.2, 0.25) is 4.34 Å². The van der Waals surface area contributed by atoms with Crippen molar-refractivity contribution in [1.82, 2.24) is 10.2 Å². The number of likely N-dealkylation sites (tertiary alicyclic amines) is 1. The van der Waals surface area contributed by atoms with Gasteiger partial charge >= 0.3 is 0 Å². The molecule has 0 aromatic carbocycles. The normalized spacial score (nSPS) is 22.9. The fourth-order valence-corrected chi connectivity index (χ4v) is 3.62. The van der Waals surface area contributed by atoms with Crippen molar-refractivity contribution in [3.05, 3.63) is 21.3 Å². The highest BCUT2D eigenvalue weighted by Crippen LogP contribution is 2.31. The van der Waals surface area contributed by atoms with Crippen molar-refractivity contribution in [2.24, 2.45) is 5.92 Å². The van der Waals surface area contributed by atoms with Gasteiger partial charge in [0.05, 0.1) is 16.8 Å². The van der Waals surface area contributed by atoms with Crippen LogP contribution in [-0.4, -0.2) is 29.3 Å². The van der Waals surface area contributed by atoms with E-state index in [4.69, 9.17) is 11.6 Å². The molecule has 20 heavy (non-hydrogen) atoms. The van der Waals surface area contributed by atoms with Crippen molar-refractivity contribution in [2.45, 2.75) is 38.3 Å². The quantitative estimate of drug-likeness (QED) is 0.928. The van der Waals surface area contributed by atoms with Crippen molar-refractivity contribution < 1.29 is 9.59 Å². The Labute approximate surface area is 127 Å². The molecule has 0 radical (unpaired) electrons. The van der Waals surface area contributed by atoms with Crippen molar-refractivity contribution in [1.29, 1.82) is 0 Å². The summed E-state index contributed by atoms with van der Waals surface area (Å²) in [6, 6.07) is 4.16. The molecular weight excluding hydrogens is 296 g/mol. The molecule has 0 spiro atoms. The van der Waals surface area contributed by atoms with Gasteiger partial charge in [0.15, 0.2) is 0 Å². The summed E-state index contributed by atoms with van der Waals surface area (Å²) >= 11 is 7.34. The van der Waals surface area contributed by atoms with Gasteiger partial charge in [-0.1, -0.05) is 11.6 Å². The van der Waals surface area contributed by atoms with E-state index in [1.54, 1.807) is 0 Å². The lowest BCUT2D eigenvalue weighted by molar-refractivity contribution is -0.138. The number of nitrogens with zero attached hydrogens (tertiary/aromatic N) is 1. The molecule has 2 aliphatic rings. The molecule has 1 saturated carbocycles. The molecule has 1 aromatic heterocycles. The van der Waals surface area contributed by atoms with Gasteiger partial charge in [-0.15, -0.1) is 11.3 Å². The van der Waals surface area contributed by atoms with E-state index in [2.05, 4.69) is 5.32 Å². The lowest BCUT2D eigenvalue weighted by atomic mass is 9.96. The second-order valence-electron chi connectivity index (χ2n) is 5.44. The highest BCUT2D eigenvalue weighted by molar-refractivity contribution is 7.16. The lowest BCUT2D eigenvalue weighted by Gasteiger charge is -2.32. The van der Waals surface area contributed by atoms with Gasteiger partial charge in [-0.2, -0.15) is 0 Å². The Bertz CT molecular complexity index is 527. The van der Waals surface area contributed by atoms with Gasteiger partial charge in [0.2, 0.25) is 11.8 Å². The van der Waals surface area contributed by atoms with Crippen LogP contribution in [0.5, 0.6) is 0 Å². The van der Waals surface area contributed by atoms with E-state index in [1.807, 2.05) is 17.0 Å². The van der Waals surface area contributed by atoms with Crippen molar-refractivity contribution in [3.63, 3.8) is 0 Å². The summed E-state index contributed by atoms with van der Waals surface area (Å²) < 4.78 is 0.734. The van der Waals surface area contributed by atoms with Crippen LogP contribution in [0.25, 0.3) is 0 Å². The molecule has 1 unspecified atom stereocenters. The van der Waals surface area contributed by atoms with Crippen molar-refractivity contribution in [2.75, 3.05) is 6.54 Å². The number of rotatable bonds is 4. The van der Waals surface area contributed by atoms with Crippen LogP contribution >= 0.6 is 22.9 Å². The molecule has 1 aromatic rings. The Kier molecular flexibility index (Phi) is 3.98. The summed E-state index contributed by atoms with van der Waals surface area (Å²) in [4.78, 5) is 27.0. The van der Waals surface area contributed by atoms with Gasteiger partial charge in [-0.25, -0.2) is 0 Å². The maximum absolute atomic E-state index is 12.2. The number of amides is 2. The first-order chi connectivity index (χ1) is 9.63. The van der Waals surface area contributed by atoms with E-state index >= 15 is 0 Å². The van der Waals surface area contributed by atoms with Gasteiger partial charge < -0.3 is 10.2 Å². The van der Waals surface area contributed by atoms with Gasteiger partial charge in [0.1, 0.15) is 0 Å². The van der Waals surface area contributed by atoms with Crippen LogP contribution < -0.4 is 5.32 Å². The third kappa shape index (κ3) is 3.15. The fourth-order valence-electron chi connectivity index (χ4n) is 2.59. The minimum atomic E-state index is -0.0660. The predicted octanol–water partition coefficient (Wildman–Crippen LogP) is 2.42. The SMILES string of the molecule is O=C(NCc1ccc(Cl)s1)C1CCC(=O)N(C2CC2)C1. The Balaban J connectivity index is 1.53. The van der Waals surface area contributed by atoms with E-state index in [-0.39, 0.29) is 17.7 Å². The third-order valence-electron chi connectivity index (χ3n) is 3.87. The smallest absolute Gasteiger partial charge is 0.225 e. The predicted molar refractivity (Wildman–Crippen MR) is 78.6 cm³/mol. The zero-order valence-electron chi connectivity index (χ0n) is 11.1. The summed E-state index contributed by atoms with van der Waals surface area (Å²) in [5.74, 6) is 0.193. The minimum absolute atomic E-state index is 0.0488. The van der Waals surface area contributed by atoms with Crippen LogP contribution in [0.1, 0.15) is 30.6 Å². The molecule has 0 bridgehead atoms. The number of thiophene rings is 1. The van der Waals surface area contributed by atoms with Gasteiger partial charge in [0, 0.05) is 23.9 Å². The van der Waals surface area contributed by atoms with Crippen LogP contribution in [-0.2, 0) is 16.1 Å². The van der Waals surface area contributed by atoms with E-state index in [1.165, 1.54) is 11.3 Å². The molecule has 1 atom stereocenters. The molecule has 4 nitrogen and oxygen atoms in total. The van der Waals surface area contributed by atoms with Crippen LogP contribution in [0.15, 0.2) is 12.1 Å². The maximum Gasteiger partial charge on any atom is 0.225 e. The van der Waals surface area contributed by atoms with Crippen molar-refractivity contribution >= 4 is 34.8 Å². The number of nitrogens with one attached hydrogen (secondary N) is 1. The number of halogens is 1. The minimum Gasteiger partial charge on any atom is -0.351 e. The molecule has 1 aliphatic carbocycles. The van der Waals surface area contributed by atoms with Gasteiger partial charge in [-0.05, 0) is 31.4 Å². The average molecular weight is 313 g/mol. The number of hydrogen-bond donors (Lipinski definition) is 1. The lowest BCUT2D eigenvalue weighted by Crippen LogP contribution is -2.46. The molecular formula is C14H17ClN2O2S. The molecule has 2 fully saturated rings. The summed E-state index contributed by atoms with van der Waals surface area (Å²) in [5.41, 5.74) is 0. The summed E-state index contributed by atoms with van der Waals surface area (Å²) in [6.45, 7) is 1.10. The molecule has 108 valence electrons. The first kappa shape index (κ1) is 13.9. The standard InChI is InChI=1S/C14H17ClN2O2S/c15-12-5-4-11(20-12)7-16-14(19)9-1-6-13(18)17(8-9)10-2-3-10/h4-5,9-10H,1-3,6-8H2,(H,16,19). The Morgan fingerprint density at radius 2 is 2.20 bits per heavy atom. The zero-order chi connectivity index (χ0) is 14.1. The monoisotopic (exact) mass is 312 g/mol. The number of piperidine rings is 1.